The molecular weight excluding hydrogens is 543 g/mol. The molecule has 1 fully saturated rings. The number of hydrazine groups is 1. The average molecular weight is 569 g/mol. The first kappa shape index (κ1) is 27.1. The Balaban J connectivity index is 1.38. The number of hydrogen-bond donors (Lipinski definition) is 2. The number of carboxylic acid groups (broad SMARTS) is 1. The molecule has 2 aliphatic heterocycles. The third kappa shape index (κ3) is 5.60. The average Bonchev–Trinajstić information content (AvgIpc) is 3.71. The first-order chi connectivity index (χ1) is 19.4. The Kier molecular flexibility index (Phi) is 7.94. The second-order valence-electron chi connectivity index (χ2n) is 9.17. The number of amides is 3. The molecule has 0 saturated carbocycles. The van der Waals surface area contributed by atoms with Crippen molar-refractivity contribution in [3.63, 3.8) is 0 Å². The lowest BCUT2D eigenvalue weighted by Gasteiger charge is -2.32. The summed E-state index contributed by atoms with van der Waals surface area (Å²) < 4.78 is 25.7. The van der Waals surface area contributed by atoms with E-state index < -0.39 is 36.2 Å². The van der Waals surface area contributed by atoms with Crippen molar-refractivity contribution in [3.05, 3.63) is 70.2 Å². The van der Waals surface area contributed by atoms with Gasteiger partial charge in [-0.15, -0.1) is 11.3 Å². The van der Waals surface area contributed by atoms with E-state index in [-0.39, 0.29) is 25.4 Å². The number of nitrogens with one attached hydrogen (secondary N) is 1. The number of nitrogens with zero attached hydrogens (tertiary/aromatic N) is 3. The largest absolute Gasteiger partial charge is 0.481 e. The number of fused-ring (bicyclic) bond motifs is 1. The second kappa shape index (κ2) is 11.7. The summed E-state index contributed by atoms with van der Waals surface area (Å²) in [5.74, 6) is -1.34. The maximum atomic E-state index is 15.0. The lowest BCUT2D eigenvalue weighted by Crippen LogP contribution is -2.40. The van der Waals surface area contributed by atoms with Crippen LogP contribution in [0, 0.1) is 5.82 Å². The number of anilines is 2. The molecule has 2 unspecified atom stereocenters. The van der Waals surface area contributed by atoms with Crippen LogP contribution in [0.2, 0.25) is 0 Å². The number of halogens is 1. The highest BCUT2D eigenvalue weighted by molar-refractivity contribution is 7.09. The minimum atomic E-state index is -1.14. The van der Waals surface area contributed by atoms with Gasteiger partial charge in [-0.3, -0.25) is 19.2 Å². The van der Waals surface area contributed by atoms with Crippen LogP contribution in [-0.4, -0.2) is 54.1 Å². The molecule has 11 nitrogen and oxygen atoms in total. The summed E-state index contributed by atoms with van der Waals surface area (Å²) in [6.07, 6.45) is 0.498. The van der Waals surface area contributed by atoms with Crippen molar-refractivity contribution < 1.29 is 38.1 Å². The molecule has 40 heavy (non-hydrogen) atoms. The van der Waals surface area contributed by atoms with Crippen molar-refractivity contribution in [2.24, 2.45) is 0 Å². The summed E-state index contributed by atoms with van der Waals surface area (Å²) in [7, 11) is 0. The minimum absolute atomic E-state index is 0.0293. The van der Waals surface area contributed by atoms with Crippen LogP contribution in [0.25, 0.3) is 0 Å². The summed E-state index contributed by atoms with van der Waals surface area (Å²) in [6.45, 7) is 0.330. The van der Waals surface area contributed by atoms with Crippen LogP contribution < -0.4 is 24.8 Å². The van der Waals surface area contributed by atoms with Gasteiger partial charge < -0.3 is 24.4 Å². The fraction of sp³-hybridized carbons (Fsp3) is 0.259. The molecule has 2 atom stereocenters. The maximum Gasteiger partial charge on any atom is 0.305 e. The molecule has 5 rings (SSSR count). The molecule has 0 radical (unpaired) electrons. The monoisotopic (exact) mass is 568 g/mol. The lowest BCUT2D eigenvalue weighted by atomic mass is 9.99. The van der Waals surface area contributed by atoms with Gasteiger partial charge in [0.15, 0.2) is 11.5 Å². The van der Waals surface area contributed by atoms with Gasteiger partial charge in [0.2, 0.25) is 25.5 Å². The van der Waals surface area contributed by atoms with Crippen LogP contribution in [0.4, 0.5) is 15.8 Å². The fourth-order valence-electron chi connectivity index (χ4n) is 4.84. The molecule has 2 aliphatic rings. The molecule has 208 valence electrons. The highest BCUT2D eigenvalue weighted by atomic mass is 32.1. The van der Waals surface area contributed by atoms with Gasteiger partial charge in [0.25, 0.3) is 0 Å². The standard InChI is InChI=1S/C27H25FN4O7S/c28-21-5-4-18(32(15-34)29-12-20-2-1-7-40-20)9-23(21)30-13-19(10-26(30)35)31(14-33)22(11-27(36)37)17-3-6-24-25(8-17)39-16-38-24/h1-9,14-15,19,22,29H,10-13,16H2,(H,36,37). The predicted molar refractivity (Wildman–Crippen MR) is 142 cm³/mol. The number of ether oxygens (including phenoxy) is 2. The number of carbonyl (C=O) groups is 4. The van der Waals surface area contributed by atoms with E-state index in [0.717, 1.165) is 10.9 Å². The number of aliphatic carboxylic acids is 1. The first-order valence-corrected chi connectivity index (χ1v) is 13.2. The van der Waals surface area contributed by atoms with Crippen molar-refractivity contribution in [2.45, 2.75) is 31.5 Å². The Labute approximate surface area is 232 Å². The number of hydrogen-bond acceptors (Lipinski definition) is 8. The van der Waals surface area contributed by atoms with Gasteiger partial charge in [0.05, 0.1) is 29.9 Å². The smallest absolute Gasteiger partial charge is 0.305 e. The second-order valence-corrected chi connectivity index (χ2v) is 10.2. The zero-order chi connectivity index (χ0) is 28.2. The quantitative estimate of drug-likeness (QED) is 0.252. The van der Waals surface area contributed by atoms with E-state index in [4.69, 9.17) is 9.47 Å². The molecule has 3 amide bonds. The van der Waals surface area contributed by atoms with E-state index >= 15 is 0 Å². The highest BCUT2D eigenvalue weighted by Crippen LogP contribution is 2.38. The van der Waals surface area contributed by atoms with Crippen molar-refractivity contribution in [3.8, 4) is 11.5 Å². The number of benzene rings is 2. The van der Waals surface area contributed by atoms with Gasteiger partial charge >= 0.3 is 5.97 Å². The molecule has 0 bridgehead atoms. The van der Waals surface area contributed by atoms with Crippen molar-refractivity contribution in [1.82, 2.24) is 10.3 Å². The molecule has 2 aromatic carbocycles. The Morgan fingerprint density at radius 2 is 2.00 bits per heavy atom. The van der Waals surface area contributed by atoms with E-state index in [1.807, 2.05) is 17.5 Å². The van der Waals surface area contributed by atoms with Gasteiger partial charge in [-0.05, 0) is 47.3 Å². The zero-order valence-corrected chi connectivity index (χ0v) is 21.9. The normalized spacial score (nSPS) is 16.6. The summed E-state index contributed by atoms with van der Waals surface area (Å²) in [4.78, 5) is 52.4. The van der Waals surface area contributed by atoms with Gasteiger partial charge in [-0.25, -0.2) is 14.8 Å². The third-order valence-electron chi connectivity index (χ3n) is 6.77. The van der Waals surface area contributed by atoms with E-state index in [9.17, 15) is 28.7 Å². The van der Waals surface area contributed by atoms with Gasteiger partial charge in [0, 0.05) is 24.4 Å². The molecule has 0 aliphatic carbocycles. The maximum absolute atomic E-state index is 15.0. The van der Waals surface area contributed by atoms with Crippen molar-refractivity contribution in [2.75, 3.05) is 23.2 Å². The summed E-state index contributed by atoms with van der Waals surface area (Å²) in [6, 6.07) is 11.0. The van der Waals surface area contributed by atoms with Gasteiger partial charge in [-0.2, -0.15) is 0 Å². The number of carbonyl (C=O) groups excluding carboxylic acids is 3. The summed E-state index contributed by atoms with van der Waals surface area (Å²) >= 11 is 1.51. The Morgan fingerprint density at radius 1 is 1.18 bits per heavy atom. The van der Waals surface area contributed by atoms with Gasteiger partial charge in [-0.1, -0.05) is 12.1 Å². The van der Waals surface area contributed by atoms with E-state index in [2.05, 4.69) is 5.43 Å². The van der Waals surface area contributed by atoms with Gasteiger partial charge in [0.1, 0.15) is 5.82 Å². The highest BCUT2D eigenvalue weighted by Gasteiger charge is 2.39. The van der Waals surface area contributed by atoms with Crippen LogP contribution in [0.15, 0.2) is 53.9 Å². The zero-order valence-electron chi connectivity index (χ0n) is 21.1. The predicted octanol–water partition coefficient (Wildman–Crippen LogP) is 3.06. The van der Waals surface area contributed by atoms with Crippen LogP contribution in [-0.2, 0) is 25.7 Å². The molecule has 13 heteroatoms. The SMILES string of the molecule is O=CN(NCc1cccs1)c1ccc(F)c(N2CC(N(C=O)C(CC(=O)O)c3ccc4c(c3)OCO4)CC2=O)c1. The van der Waals surface area contributed by atoms with Crippen LogP contribution in [0.5, 0.6) is 11.5 Å². The van der Waals surface area contributed by atoms with E-state index in [1.165, 1.54) is 38.3 Å². The van der Waals surface area contributed by atoms with E-state index in [1.54, 1.807) is 18.2 Å². The minimum Gasteiger partial charge on any atom is -0.481 e. The van der Waals surface area contributed by atoms with E-state index in [0.29, 0.717) is 42.1 Å². The molecule has 0 spiro atoms. The summed E-state index contributed by atoms with van der Waals surface area (Å²) in [5, 5.41) is 12.7. The fourth-order valence-corrected chi connectivity index (χ4v) is 5.48. The van der Waals surface area contributed by atoms with Crippen LogP contribution >= 0.6 is 11.3 Å². The Hall–Kier alpha value is -4.49. The number of carboxylic acids is 1. The molecule has 1 saturated heterocycles. The van der Waals surface area contributed by atoms with Crippen LogP contribution in [0.3, 0.4) is 0 Å². The lowest BCUT2D eigenvalue weighted by molar-refractivity contribution is -0.139. The topological polar surface area (TPSA) is 129 Å². The molecular formula is C27H25FN4O7S. The molecule has 3 heterocycles. The first-order valence-electron chi connectivity index (χ1n) is 12.3. The summed E-state index contributed by atoms with van der Waals surface area (Å²) in [5.41, 5.74) is 3.72. The van der Waals surface area contributed by atoms with Crippen LogP contribution in [0.1, 0.15) is 29.3 Å². The van der Waals surface area contributed by atoms with Crippen molar-refractivity contribution >= 4 is 47.4 Å². The molecule has 3 aromatic rings. The number of rotatable bonds is 12. The molecule has 2 N–H and O–H groups in total. The van der Waals surface area contributed by atoms with Crippen molar-refractivity contribution in [1.29, 1.82) is 0 Å². The molecule has 1 aromatic heterocycles. The Bertz CT molecular complexity index is 1420. The number of thiophene rings is 1. The Morgan fingerprint density at radius 3 is 2.73 bits per heavy atom. The third-order valence-corrected chi connectivity index (χ3v) is 7.64.